The van der Waals surface area contributed by atoms with Crippen molar-refractivity contribution in [3.05, 3.63) is 28.8 Å². The van der Waals surface area contributed by atoms with Gasteiger partial charge in [-0.25, -0.2) is 4.79 Å². The molecule has 2 rings (SSSR count). The highest BCUT2D eigenvalue weighted by Gasteiger charge is 2.21. The molecule has 1 aliphatic rings. The maximum Gasteiger partial charge on any atom is 0.317 e. The number of amides is 2. The quantitative estimate of drug-likeness (QED) is 0.920. The molecule has 2 amide bonds. The minimum atomic E-state index is 0.0584. The first-order valence-corrected chi connectivity index (χ1v) is 8.39. The van der Waals surface area contributed by atoms with Crippen molar-refractivity contribution in [1.82, 2.24) is 10.2 Å². The lowest BCUT2D eigenvalue weighted by Crippen LogP contribution is -2.52. The number of piperazine rings is 1. The molecule has 1 aromatic rings. The minimum absolute atomic E-state index is 0.0584. The highest BCUT2D eigenvalue weighted by Crippen LogP contribution is 2.25. The third-order valence-electron chi connectivity index (χ3n) is 4.08. The van der Waals surface area contributed by atoms with E-state index in [1.807, 2.05) is 23.1 Å². The van der Waals surface area contributed by atoms with Crippen LogP contribution >= 0.6 is 11.6 Å². The van der Waals surface area contributed by atoms with Crippen LogP contribution in [-0.2, 0) is 0 Å². The molecular formula is C17H26ClN3O. The van der Waals surface area contributed by atoms with Crippen LogP contribution in [0.2, 0.25) is 5.02 Å². The number of urea groups is 1. The molecule has 5 heteroatoms. The van der Waals surface area contributed by atoms with E-state index >= 15 is 0 Å². The van der Waals surface area contributed by atoms with Gasteiger partial charge in [0.15, 0.2) is 0 Å². The maximum absolute atomic E-state index is 12.1. The highest BCUT2D eigenvalue weighted by atomic mass is 35.5. The van der Waals surface area contributed by atoms with Gasteiger partial charge < -0.3 is 15.1 Å². The Morgan fingerprint density at radius 1 is 1.27 bits per heavy atom. The molecule has 0 bridgehead atoms. The minimum Gasteiger partial charge on any atom is -0.368 e. The first kappa shape index (κ1) is 16.9. The Bertz CT molecular complexity index is 511. The van der Waals surface area contributed by atoms with Gasteiger partial charge in [-0.15, -0.1) is 0 Å². The smallest absolute Gasteiger partial charge is 0.317 e. The van der Waals surface area contributed by atoms with E-state index in [4.69, 9.17) is 11.6 Å². The molecule has 0 aliphatic carbocycles. The van der Waals surface area contributed by atoms with Crippen molar-refractivity contribution in [3.63, 3.8) is 0 Å². The molecule has 1 heterocycles. The molecular weight excluding hydrogens is 298 g/mol. The Morgan fingerprint density at radius 2 is 1.95 bits per heavy atom. The van der Waals surface area contributed by atoms with Gasteiger partial charge in [-0.3, -0.25) is 0 Å². The van der Waals surface area contributed by atoms with Crippen molar-refractivity contribution in [2.75, 3.05) is 37.6 Å². The molecule has 0 unspecified atom stereocenters. The maximum atomic E-state index is 12.1. The largest absolute Gasteiger partial charge is 0.368 e. The van der Waals surface area contributed by atoms with Gasteiger partial charge in [0.05, 0.1) is 0 Å². The third kappa shape index (κ3) is 4.54. The van der Waals surface area contributed by atoms with Crippen LogP contribution in [0.4, 0.5) is 10.5 Å². The summed E-state index contributed by atoms with van der Waals surface area (Å²) in [6.07, 6.45) is 1.02. The van der Waals surface area contributed by atoms with Gasteiger partial charge >= 0.3 is 6.03 Å². The fourth-order valence-corrected chi connectivity index (χ4v) is 2.82. The molecule has 122 valence electrons. The predicted octanol–water partition coefficient (Wildman–Crippen LogP) is 3.53. The average molecular weight is 324 g/mol. The number of hydrogen-bond donors (Lipinski definition) is 1. The molecule has 1 N–H and O–H groups in total. The molecule has 1 fully saturated rings. The Kier molecular flexibility index (Phi) is 5.95. The average Bonchev–Trinajstić information content (AvgIpc) is 2.49. The van der Waals surface area contributed by atoms with Gasteiger partial charge in [-0.2, -0.15) is 0 Å². The predicted molar refractivity (Wildman–Crippen MR) is 92.8 cm³/mol. The van der Waals surface area contributed by atoms with Crippen LogP contribution in [-0.4, -0.2) is 43.7 Å². The summed E-state index contributed by atoms with van der Waals surface area (Å²) in [6, 6.07) is 6.03. The lowest BCUT2D eigenvalue weighted by Gasteiger charge is -2.36. The van der Waals surface area contributed by atoms with Crippen molar-refractivity contribution < 1.29 is 4.79 Å². The summed E-state index contributed by atoms with van der Waals surface area (Å²) in [4.78, 5) is 16.3. The van der Waals surface area contributed by atoms with E-state index in [0.29, 0.717) is 5.92 Å². The molecule has 0 saturated carbocycles. The summed E-state index contributed by atoms with van der Waals surface area (Å²) in [5.74, 6) is 0.614. The zero-order valence-corrected chi connectivity index (χ0v) is 14.5. The summed E-state index contributed by atoms with van der Waals surface area (Å²) >= 11 is 6.10. The molecule has 0 atom stereocenters. The molecule has 1 aromatic carbocycles. The van der Waals surface area contributed by atoms with Gasteiger partial charge in [-0.1, -0.05) is 31.5 Å². The van der Waals surface area contributed by atoms with Crippen LogP contribution < -0.4 is 10.2 Å². The van der Waals surface area contributed by atoms with Crippen LogP contribution in [0.3, 0.4) is 0 Å². The Hall–Kier alpha value is -1.42. The fourth-order valence-electron chi connectivity index (χ4n) is 2.65. The van der Waals surface area contributed by atoms with Gasteiger partial charge in [0.2, 0.25) is 0 Å². The van der Waals surface area contributed by atoms with Crippen LogP contribution in [0.1, 0.15) is 25.8 Å². The van der Waals surface area contributed by atoms with Crippen molar-refractivity contribution in [2.24, 2.45) is 5.92 Å². The normalized spacial score (nSPS) is 15.3. The second-order valence-electron chi connectivity index (χ2n) is 6.32. The summed E-state index contributed by atoms with van der Waals surface area (Å²) in [7, 11) is 0. The summed E-state index contributed by atoms with van der Waals surface area (Å²) < 4.78 is 0. The van der Waals surface area contributed by atoms with Gasteiger partial charge in [0.25, 0.3) is 0 Å². The Labute approximate surface area is 138 Å². The van der Waals surface area contributed by atoms with E-state index in [2.05, 4.69) is 31.0 Å². The number of nitrogens with zero attached hydrogens (tertiary/aromatic N) is 2. The van der Waals surface area contributed by atoms with Crippen LogP contribution in [0.15, 0.2) is 18.2 Å². The number of benzene rings is 1. The summed E-state index contributed by atoms with van der Waals surface area (Å²) in [6.45, 7) is 10.4. The van der Waals surface area contributed by atoms with Crippen molar-refractivity contribution in [2.45, 2.75) is 27.2 Å². The zero-order chi connectivity index (χ0) is 16.1. The van der Waals surface area contributed by atoms with Gasteiger partial charge in [-0.05, 0) is 37.0 Å². The number of nitrogens with one attached hydrogen (secondary N) is 1. The van der Waals surface area contributed by atoms with Crippen molar-refractivity contribution >= 4 is 23.3 Å². The zero-order valence-electron chi connectivity index (χ0n) is 13.7. The first-order chi connectivity index (χ1) is 10.5. The van der Waals surface area contributed by atoms with E-state index in [-0.39, 0.29) is 6.03 Å². The van der Waals surface area contributed by atoms with E-state index in [9.17, 15) is 4.79 Å². The number of aryl methyl sites for hydroxylation is 1. The lowest BCUT2D eigenvalue weighted by molar-refractivity contribution is 0.194. The monoisotopic (exact) mass is 323 g/mol. The van der Waals surface area contributed by atoms with Crippen LogP contribution in [0, 0.1) is 12.8 Å². The van der Waals surface area contributed by atoms with Gasteiger partial charge in [0.1, 0.15) is 0 Å². The Morgan fingerprint density at radius 3 is 2.59 bits per heavy atom. The second-order valence-corrected chi connectivity index (χ2v) is 6.76. The van der Waals surface area contributed by atoms with Gasteiger partial charge in [0, 0.05) is 43.4 Å². The summed E-state index contributed by atoms with van der Waals surface area (Å²) in [5.41, 5.74) is 2.40. The van der Waals surface area contributed by atoms with Crippen LogP contribution in [0.25, 0.3) is 0 Å². The lowest BCUT2D eigenvalue weighted by atomic mass is 10.1. The Balaban J connectivity index is 1.85. The molecule has 4 nitrogen and oxygen atoms in total. The fraction of sp³-hybridized carbons (Fsp3) is 0.588. The van der Waals surface area contributed by atoms with Crippen molar-refractivity contribution in [3.8, 4) is 0 Å². The number of rotatable bonds is 4. The van der Waals surface area contributed by atoms with E-state index in [0.717, 1.165) is 44.2 Å². The van der Waals surface area contributed by atoms with E-state index in [1.165, 1.54) is 11.3 Å². The standard InChI is InChI=1S/C17H26ClN3O/c1-13(2)6-7-19-17(22)21-10-8-20(9-11-21)16-12-15(18)5-4-14(16)3/h4-5,12-13H,6-11H2,1-3H3,(H,19,22). The molecule has 0 radical (unpaired) electrons. The number of carbonyl (C=O) groups is 1. The second kappa shape index (κ2) is 7.73. The number of carbonyl (C=O) groups excluding carboxylic acids is 1. The van der Waals surface area contributed by atoms with Crippen molar-refractivity contribution in [1.29, 1.82) is 0 Å². The molecule has 1 aliphatic heterocycles. The first-order valence-electron chi connectivity index (χ1n) is 8.01. The molecule has 22 heavy (non-hydrogen) atoms. The SMILES string of the molecule is Cc1ccc(Cl)cc1N1CCN(C(=O)NCCC(C)C)CC1. The summed E-state index contributed by atoms with van der Waals surface area (Å²) in [5, 5.41) is 3.76. The third-order valence-corrected chi connectivity index (χ3v) is 4.31. The number of hydrogen-bond acceptors (Lipinski definition) is 2. The number of halogens is 1. The molecule has 0 aromatic heterocycles. The number of anilines is 1. The van der Waals surface area contributed by atoms with Crippen LogP contribution in [0.5, 0.6) is 0 Å². The topological polar surface area (TPSA) is 35.6 Å². The molecule has 1 saturated heterocycles. The molecule has 0 spiro atoms. The highest BCUT2D eigenvalue weighted by molar-refractivity contribution is 6.30. The van der Waals surface area contributed by atoms with E-state index < -0.39 is 0 Å². The van der Waals surface area contributed by atoms with E-state index in [1.54, 1.807) is 0 Å².